The second-order valence-electron chi connectivity index (χ2n) is 2.99. The van der Waals surface area contributed by atoms with Crippen LogP contribution in [0.5, 0.6) is 0 Å². The molecule has 2 N–H and O–H groups in total. The predicted molar refractivity (Wildman–Crippen MR) is 62.4 cm³/mol. The molecule has 7 nitrogen and oxygen atoms in total. The average molecular weight is 333 g/mol. The van der Waals surface area contributed by atoms with Gasteiger partial charge in [0.05, 0.1) is 10.5 Å². The van der Waals surface area contributed by atoms with E-state index in [1.165, 1.54) is 6.07 Å². The van der Waals surface area contributed by atoms with Crippen molar-refractivity contribution in [3.63, 3.8) is 0 Å². The SMILES string of the molecule is O=C(O)c1cc([N+](=O)[O-])c2c(I)[nH]nc2c1. The molecular weight excluding hydrogens is 329 g/mol. The van der Waals surface area contributed by atoms with Crippen molar-refractivity contribution in [2.75, 3.05) is 0 Å². The fourth-order valence-corrected chi connectivity index (χ4v) is 2.03. The van der Waals surface area contributed by atoms with Gasteiger partial charge in [0.2, 0.25) is 0 Å². The molecular formula is C8H4IN3O4. The van der Waals surface area contributed by atoms with Gasteiger partial charge in [0.1, 0.15) is 14.6 Å². The quantitative estimate of drug-likeness (QED) is 0.495. The number of carboxylic acid groups (broad SMARTS) is 1. The van der Waals surface area contributed by atoms with E-state index in [9.17, 15) is 14.9 Å². The zero-order chi connectivity index (χ0) is 11.9. The molecule has 2 rings (SSSR count). The van der Waals surface area contributed by atoms with Crippen molar-refractivity contribution >= 4 is 45.2 Å². The van der Waals surface area contributed by atoms with Crippen LogP contribution in [0.3, 0.4) is 0 Å². The average Bonchev–Trinajstić information content (AvgIpc) is 2.59. The van der Waals surface area contributed by atoms with Gasteiger partial charge in [-0.05, 0) is 28.7 Å². The summed E-state index contributed by atoms with van der Waals surface area (Å²) in [5, 5.41) is 26.3. The summed E-state index contributed by atoms with van der Waals surface area (Å²) in [6, 6.07) is 2.33. The van der Waals surface area contributed by atoms with E-state index in [1.807, 2.05) is 22.6 Å². The maximum Gasteiger partial charge on any atom is 0.336 e. The van der Waals surface area contributed by atoms with Gasteiger partial charge in [0.25, 0.3) is 5.69 Å². The number of non-ortho nitro benzene ring substituents is 1. The van der Waals surface area contributed by atoms with Crippen LogP contribution in [0, 0.1) is 13.8 Å². The Labute approximate surface area is 102 Å². The highest BCUT2D eigenvalue weighted by Crippen LogP contribution is 2.29. The summed E-state index contributed by atoms with van der Waals surface area (Å²) >= 11 is 1.87. The molecule has 0 amide bonds. The highest BCUT2D eigenvalue weighted by atomic mass is 127. The number of carbonyl (C=O) groups is 1. The molecule has 8 heteroatoms. The van der Waals surface area contributed by atoms with Crippen LogP contribution in [0.1, 0.15) is 10.4 Å². The third kappa shape index (κ3) is 1.60. The Hall–Kier alpha value is -1.71. The summed E-state index contributed by atoms with van der Waals surface area (Å²) in [5.41, 5.74) is -0.133. The molecule has 1 aromatic carbocycles. The van der Waals surface area contributed by atoms with Crippen LogP contribution in [-0.2, 0) is 0 Å². The number of fused-ring (bicyclic) bond motifs is 1. The molecule has 0 saturated heterocycles. The van der Waals surface area contributed by atoms with Crippen LogP contribution in [-0.4, -0.2) is 26.2 Å². The Kier molecular flexibility index (Phi) is 2.50. The minimum Gasteiger partial charge on any atom is -0.478 e. The first-order chi connectivity index (χ1) is 7.50. The molecule has 0 saturated carbocycles. The standard InChI is InChI=1S/C8H4IN3O4/c9-7-6-4(10-11-7)1-3(8(13)14)2-5(6)12(15)16/h1-2H,(H,10,11)(H,13,14). The summed E-state index contributed by atoms with van der Waals surface area (Å²) in [4.78, 5) is 21.0. The number of H-pyrrole nitrogens is 1. The van der Waals surface area contributed by atoms with Gasteiger partial charge >= 0.3 is 5.97 Å². The van der Waals surface area contributed by atoms with Crippen LogP contribution in [0.15, 0.2) is 12.1 Å². The van der Waals surface area contributed by atoms with Gasteiger partial charge in [-0.1, -0.05) is 0 Å². The van der Waals surface area contributed by atoms with E-state index in [0.29, 0.717) is 9.09 Å². The van der Waals surface area contributed by atoms with E-state index in [-0.39, 0.29) is 16.8 Å². The van der Waals surface area contributed by atoms with Crippen molar-refractivity contribution in [2.45, 2.75) is 0 Å². The molecule has 16 heavy (non-hydrogen) atoms. The third-order valence-electron chi connectivity index (χ3n) is 2.03. The highest BCUT2D eigenvalue weighted by molar-refractivity contribution is 14.1. The van der Waals surface area contributed by atoms with Crippen LogP contribution in [0.25, 0.3) is 10.9 Å². The van der Waals surface area contributed by atoms with Crippen LogP contribution >= 0.6 is 22.6 Å². The van der Waals surface area contributed by atoms with Crippen molar-refractivity contribution < 1.29 is 14.8 Å². The number of nitro groups is 1. The van der Waals surface area contributed by atoms with Gasteiger partial charge < -0.3 is 5.11 Å². The van der Waals surface area contributed by atoms with Crippen LogP contribution in [0.2, 0.25) is 0 Å². The van der Waals surface area contributed by atoms with Gasteiger partial charge in [-0.25, -0.2) is 4.79 Å². The number of aromatic carboxylic acids is 1. The second kappa shape index (κ2) is 3.70. The highest BCUT2D eigenvalue weighted by Gasteiger charge is 2.20. The van der Waals surface area contributed by atoms with Crippen LogP contribution in [0.4, 0.5) is 5.69 Å². The van der Waals surface area contributed by atoms with E-state index in [0.717, 1.165) is 6.07 Å². The molecule has 1 aromatic heterocycles. The monoisotopic (exact) mass is 333 g/mol. The second-order valence-corrected chi connectivity index (χ2v) is 4.07. The topological polar surface area (TPSA) is 109 Å². The number of aromatic amines is 1. The largest absolute Gasteiger partial charge is 0.478 e. The number of nitrogens with zero attached hydrogens (tertiary/aromatic N) is 2. The zero-order valence-corrected chi connectivity index (χ0v) is 9.76. The molecule has 2 aromatic rings. The number of nitro benzene ring substituents is 1. The smallest absolute Gasteiger partial charge is 0.336 e. The number of carboxylic acids is 1. The molecule has 0 atom stereocenters. The number of hydrogen-bond donors (Lipinski definition) is 2. The molecule has 0 unspecified atom stereocenters. The summed E-state index contributed by atoms with van der Waals surface area (Å²) in [6.07, 6.45) is 0. The molecule has 82 valence electrons. The maximum absolute atomic E-state index is 10.8. The number of benzene rings is 1. The lowest BCUT2D eigenvalue weighted by Gasteiger charge is -1.97. The molecule has 0 aliphatic carbocycles. The first kappa shape index (κ1) is 10.8. The van der Waals surface area contributed by atoms with Crippen molar-refractivity contribution in [3.8, 4) is 0 Å². The lowest BCUT2D eigenvalue weighted by molar-refractivity contribution is -0.383. The minimum absolute atomic E-state index is 0.151. The first-order valence-electron chi connectivity index (χ1n) is 4.06. The fourth-order valence-electron chi connectivity index (χ4n) is 1.36. The molecule has 0 aliphatic rings. The predicted octanol–water partition coefficient (Wildman–Crippen LogP) is 1.77. The molecule has 0 fully saturated rings. The van der Waals surface area contributed by atoms with E-state index in [4.69, 9.17) is 5.11 Å². The third-order valence-corrected chi connectivity index (χ3v) is 2.81. The van der Waals surface area contributed by atoms with E-state index < -0.39 is 10.9 Å². The number of hydrogen-bond acceptors (Lipinski definition) is 4. The molecule has 0 spiro atoms. The minimum atomic E-state index is -1.22. The maximum atomic E-state index is 10.8. The normalized spacial score (nSPS) is 10.6. The Bertz CT molecular complexity index is 607. The van der Waals surface area contributed by atoms with Gasteiger partial charge in [-0.3, -0.25) is 15.2 Å². The number of rotatable bonds is 2. The Morgan fingerprint density at radius 3 is 2.81 bits per heavy atom. The van der Waals surface area contributed by atoms with Crippen LogP contribution < -0.4 is 0 Å². The fraction of sp³-hybridized carbons (Fsp3) is 0. The summed E-state index contributed by atoms with van der Waals surface area (Å²) in [7, 11) is 0. The number of aromatic nitrogens is 2. The molecule has 0 aliphatic heterocycles. The van der Waals surface area contributed by atoms with Crippen molar-refractivity contribution in [3.05, 3.63) is 31.5 Å². The summed E-state index contributed by atoms with van der Waals surface area (Å²) in [5.74, 6) is -1.22. The van der Waals surface area contributed by atoms with Crippen molar-refractivity contribution in [1.29, 1.82) is 0 Å². The Morgan fingerprint density at radius 2 is 2.25 bits per heavy atom. The number of nitrogens with one attached hydrogen (secondary N) is 1. The molecule has 0 bridgehead atoms. The van der Waals surface area contributed by atoms with Crippen molar-refractivity contribution in [2.24, 2.45) is 0 Å². The Morgan fingerprint density at radius 1 is 1.56 bits per heavy atom. The lowest BCUT2D eigenvalue weighted by Crippen LogP contribution is -1.98. The van der Waals surface area contributed by atoms with Gasteiger partial charge in [0, 0.05) is 6.07 Å². The van der Waals surface area contributed by atoms with Gasteiger partial charge in [-0.15, -0.1) is 0 Å². The Balaban J connectivity index is 2.86. The van der Waals surface area contributed by atoms with E-state index in [1.54, 1.807) is 0 Å². The van der Waals surface area contributed by atoms with Crippen molar-refractivity contribution in [1.82, 2.24) is 10.2 Å². The lowest BCUT2D eigenvalue weighted by atomic mass is 10.1. The van der Waals surface area contributed by atoms with Gasteiger partial charge in [0.15, 0.2) is 0 Å². The van der Waals surface area contributed by atoms with Gasteiger partial charge in [-0.2, -0.15) is 5.10 Å². The van der Waals surface area contributed by atoms with E-state index >= 15 is 0 Å². The molecule has 1 heterocycles. The van der Waals surface area contributed by atoms with E-state index in [2.05, 4.69) is 10.2 Å². The number of halogens is 1. The summed E-state index contributed by atoms with van der Waals surface area (Å²) < 4.78 is 0.510. The zero-order valence-electron chi connectivity index (χ0n) is 7.60. The first-order valence-corrected chi connectivity index (χ1v) is 5.14. The summed E-state index contributed by atoms with van der Waals surface area (Å²) in [6.45, 7) is 0. The molecule has 0 radical (unpaired) electrons.